The maximum Gasteiger partial charge on any atom is 0.0828 e. The first kappa shape index (κ1) is 7.25. The third-order valence-electron chi connectivity index (χ3n) is 1.67. The van der Waals surface area contributed by atoms with Gasteiger partial charge in [0.05, 0.1) is 11.4 Å². The van der Waals surface area contributed by atoms with E-state index in [2.05, 4.69) is 24.2 Å². The Morgan fingerprint density at radius 1 is 1.40 bits per heavy atom. The van der Waals surface area contributed by atoms with Crippen LogP contribution in [0.4, 0.5) is 0 Å². The highest BCUT2D eigenvalue weighted by atomic mass is 15.4. The minimum Gasteiger partial charge on any atom is -0.249 e. The second kappa shape index (κ2) is 2.82. The maximum absolute atomic E-state index is 3.97. The molecule has 1 aromatic rings. The van der Waals surface area contributed by atoms with Crippen LogP contribution in [-0.4, -0.2) is 15.0 Å². The van der Waals surface area contributed by atoms with E-state index in [0.717, 1.165) is 18.7 Å². The zero-order valence-corrected chi connectivity index (χ0v) is 6.76. The summed E-state index contributed by atoms with van der Waals surface area (Å²) in [5, 5.41) is 7.94. The van der Waals surface area contributed by atoms with E-state index in [1.165, 1.54) is 5.69 Å². The van der Waals surface area contributed by atoms with Crippen molar-refractivity contribution >= 4 is 0 Å². The maximum atomic E-state index is 3.97. The van der Waals surface area contributed by atoms with Crippen LogP contribution >= 0.6 is 0 Å². The van der Waals surface area contributed by atoms with E-state index in [1.54, 1.807) is 0 Å². The molecule has 0 N–H and O–H groups in total. The topological polar surface area (TPSA) is 30.7 Å². The predicted octanol–water partition coefficient (Wildman–Crippen LogP) is 1.17. The summed E-state index contributed by atoms with van der Waals surface area (Å²) in [7, 11) is 0. The van der Waals surface area contributed by atoms with Crippen LogP contribution in [0.1, 0.15) is 25.2 Å². The Balaban J connectivity index is 3.01. The molecule has 0 atom stereocenters. The molecule has 0 fully saturated rings. The first-order valence-corrected chi connectivity index (χ1v) is 3.68. The van der Waals surface area contributed by atoms with Crippen LogP contribution in [0.5, 0.6) is 0 Å². The molecule has 0 aliphatic carbocycles. The van der Waals surface area contributed by atoms with Crippen molar-refractivity contribution in [2.24, 2.45) is 0 Å². The molecule has 0 aromatic carbocycles. The minimum absolute atomic E-state index is 0.921. The second-order valence-electron chi connectivity index (χ2n) is 2.29. The summed E-state index contributed by atoms with van der Waals surface area (Å²) in [6.07, 6.45) is 1.02. The number of aryl methyl sites for hydroxylation is 2. The molecule has 1 heterocycles. The van der Waals surface area contributed by atoms with Crippen LogP contribution in [0.2, 0.25) is 0 Å². The number of aromatic nitrogens is 3. The van der Waals surface area contributed by atoms with Gasteiger partial charge in [-0.2, -0.15) is 0 Å². The molecular formula is C7H13N3. The lowest BCUT2D eigenvalue weighted by Gasteiger charge is -1.98. The highest BCUT2D eigenvalue weighted by Gasteiger charge is 2.03. The Kier molecular flexibility index (Phi) is 2.04. The van der Waals surface area contributed by atoms with Gasteiger partial charge in [-0.05, 0) is 20.3 Å². The van der Waals surface area contributed by atoms with Crippen molar-refractivity contribution < 1.29 is 0 Å². The molecule has 0 saturated heterocycles. The van der Waals surface area contributed by atoms with Gasteiger partial charge >= 0.3 is 0 Å². The van der Waals surface area contributed by atoms with Crippen molar-refractivity contribution in [3.8, 4) is 0 Å². The van der Waals surface area contributed by atoms with Crippen molar-refractivity contribution in [2.75, 3.05) is 0 Å². The fourth-order valence-electron chi connectivity index (χ4n) is 1.11. The molecule has 0 aliphatic heterocycles. The summed E-state index contributed by atoms with van der Waals surface area (Å²) in [5.41, 5.74) is 2.31. The molecule has 0 radical (unpaired) electrons. The van der Waals surface area contributed by atoms with Gasteiger partial charge in [0.25, 0.3) is 0 Å². The molecule has 3 nitrogen and oxygen atoms in total. The van der Waals surface area contributed by atoms with E-state index in [0.29, 0.717) is 0 Å². The van der Waals surface area contributed by atoms with Crippen LogP contribution in [0.3, 0.4) is 0 Å². The first-order chi connectivity index (χ1) is 4.79. The quantitative estimate of drug-likeness (QED) is 0.615. The third-order valence-corrected chi connectivity index (χ3v) is 1.67. The lowest BCUT2D eigenvalue weighted by Crippen LogP contribution is -2.01. The van der Waals surface area contributed by atoms with Gasteiger partial charge in [0, 0.05) is 6.54 Å². The van der Waals surface area contributed by atoms with E-state index in [9.17, 15) is 0 Å². The summed E-state index contributed by atoms with van der Waals surface area (Å²) < 4.78 is 1.94. The molecule has 1 aromatic heterocycles. The Bertz CT molecular complexity index is 215. The van der Waals surface area contributed by atoms with Crippen LogP contribution in [-0.2, 0) is 13.0 Å². The Labute approximate surface area is 61.1 Å². The fraction of sp³-hybridized carbons (Fsp3) is 0.714. The van der Waals surface area contributed by atoms with E-state index in [4.69, 9.17) is 0 Å². The lowest BCUT2D eigenvalue weighted by atomic mass is 10.3. The highest BCUT2D eigenvalue weighted by Crippen LogP contribution is 2.03. The fourth-order valence-corrected chi connectivity index (χ4v) is 1.11. The molecule has 0 saturated carbocycles. The summed E-state index contributed by atoms with van der Waals surface area (Å²) in [5.74, 6) is 0. The van der Waals surface area contributed by atoms with E-state index in [1.807, 2.05) is 11.6 Å². The lowest BCUT2D eigenvalue weighted by molar-refractivity contribution is 0.601. The summed E-state index contributed by atoms with van der Waals surface area (Å²) in [4.78, 5) is 0. The average Bonchev–Trinajstić information content (AvgIpc) is 2.30. The number of nitrogens with zero attached hydrogens (tertiary/aromatic N) is 3. The summed E-state index contributed by atoms with van der Waals surface area (Å²) in [6.45, 7) is 7.12. The standard InChI is InChI=1S/C7H13N3/c1-4-7-6(3)8-9-10(7)5-2/h4-5H2,1-3H3. The third kappa shape index (κ3) is 1.03. The van der Waals surface area contributed by atoms with Gasteiger partial charge in [-0.15, -0.1) is 5.10 Å². The molecule has 0 amide bonds. The zero-order chi connectivity index (χ0) is 7.56. The largest absolute Gasteiger partial charge is 0.249 e. The molecule has 1 rings (SSSR count). The molecule has 56 valence electrons. The summed E-state index contributed by atoms with van der Waals surface area (Å²) >= 11 is 0. The molecule has 0 spiro atoms. The Morgan fingerprint density at radius 2 is 2.10 bits per heavy atom. The molecular weight excluding hydrogens is 126 g/mol. The minimum atomic E-state index is 0.921. The molecule has 0 unspecified atom stereocenters. The second-order valence-corrected chi connectivity index (χ2v) is 2.29. The molecule has 10 heavy (non-hydrogen) atoms. The van der Waals surface area contributed by atoms with Gasteiger partial charge in [-0.1, -0.05) is 12.1 Å². The Hall–Kier alpha value is -0.860. The van der Waals surface area contributed by atoms with Crippen molar-refractivity contribution in [1.29, 1.82) is 0 Å². The SMILES string of the molecule is CCc1c(C)nnn1CC. The molecule has 0 bridgehead atoms. The van der Waals surface area contributed by atoms with Gasteiger partial charge in [-0.3, -0.25) is 0 Å². The van der Waals surface area contributed by atoms with Gasteiger partial charge in [0.2, 0.25) is 0 Å². The smallest absolute Gasteiger partial charge is 0.0828 e. The van der Waals surface area contributed by atoms with Crippen molar-refractivity contribution in [3.63, 3.8) is 0 Å². The van der Waals surface area contributed by atoms with Gasteiger partial charge in [0.1, 0.15) is 0 Å². The van der Waals surface area contributed by atoms with Gasteiger partial charge in [-0.25, -0.2) is 4.68 Å². The van der Waals surface area contributed by atoms with Crippen LogP contribution in [0.25, 0.3) is 0 Å². The monoisotopic (exact) mass is 139 g/mol. The van der Waals surface area contributed by atoms with E-state index in [-0.39, 0.29) is 0 Å². The molecule has 3 heteroatoms. The van der Waals surface area contributed by atoms with Crippen LogP contribution in [0, 0.1) is 6.92 Å². The highest BCUT2D eigenvalue weighted by molar-refractivity contribution is 5.06. The van der Waals surface area contributed by atoms with Crippen LogP contribution in [0.15, 0.2) is 0 Å². The van der Waals surface area contributed by atoms with E-state index >= 15 is 0 Å². The number of rotatable bonds is 2. The number of hydrogen-bond acceptors (Lipinski definition) is 2. The zero-order valence-electron chi connectivity index (χ0n) is 6.76. The average molecular weight is 139 g/mol. The predicted molar refractivity (Wildman–Crippen MR) is 39.8 cm³/mol. The first-order valence-electron chi connectivity index (χ1n) is 3.68. The Morgan fingerprint density at radius 3 is 2.50 bits per heavy atom. The van der Waals surface area contributed by atoms with Gasteiger partial charge < -0.3 is 0 Å². The normalized spacial score (nSPS) is 10.3. The molecule has 0 aliphatic rings. The van der Waals surface area contributed by atoms with Crippen molar-refractivity contribution in [2.45, 2.75) is 33.7 Å². The van der Waals surface area contributed by atoms with Crippen molar-refractivity contribution in [3.05, 3.63) is 11.4 Å². The number of hydrogen-bond donors (Lipinski definition) is 0. The van der Waals surface area contributed by atoms with Crippen molar-refractivity contribution in [1.82, 2.24) is 15.0 Å². The van der Waals surface area contributed by atoms with Gasteiger partial charge in [0.15, 0.2) is 0 Å². The summed E-state index contributed by atoms with van der Waals surface area (Å²) in [6, 6.07) is 0. The van der Waals surface area contributed by atoms with Crippen LogP contribution < -0.4 is 0 Å². The van der Waals surface area contributed by atoms with E-state index < -0.39 is 0 Å².